The van der Waals surface area contributed by atoms with Crippen molar-refractivity contribution in [1.29, 1.82) is 0 Å². The van der Waals surface area contributed by atoms with E-state index < -0.39 is 0 Å². The second-order valence-electron chi connectivity index (χ2n) is 4.58. The van der Waals surface area contributed by atoms with Crippen molar-refractivity contribution in [3.05, 3.63) is 23.8 Å². The Kier molecular flexibility index (Phi) is 5.84. The molecular formula is C14H23NO2. The average molecular weight is 237 g/mol. The normalized spacial score (nSPS) is 11.0. The van der Waals surface area contributed by atoms with Crippen molar-refractivity contribution in [2.24, 2.45) is 0 Å². The van der Waals surface area contributed by atoms with Crippen LogP contribution in [0.2, 0.25) is 0 Å². The second kappa shape index (κ2) is 7.17. The number of phenols is 2. The molecule has 1 aromatic rings. The molecule has 0 fully saturated rings. The van der Waals surface area contributed by atoms with Crippen molar-refractivity contribution >= 4 is 0 Å². The van der Waals surface area contributed by atoms with Gasteiger partial charge in [0.25, 0.3) is 0 Å². The van der Waals surface area contributed by atoms with Crippen molar-refractivity contribution in [3.63, 3.8) is 0 Å². The lowest BCUT2D eigenvalue weighted by molar-refractivity contribution is 0.329. The highest BCUT2D eigenvalue weighted by molar-refractivity contribution is 5.40. The summed E-state index contributed by atoms with van der Waals surface area (Å²) in [6, 6.07) is 5.03. The maximum atomic E-state index is 9.38. The van der Waals surface area contributed by atoms with E-state index >= 15 is 0 Å². The summed E-state index contributed by atoms with van der Waals surface area (Å²) in [5, 5.41) is 18.6. The van der Waals surface area contributed by atoms with Gasteiger partial charge in [0.1, 0.15) is 0 Å². The predicted molar refractivity (Wildman–Crippen MR) is 70.5 cm³/mol. The quantitative estimate of drug-likeness (QED) is 0.566. The molecule has 0 aliphatic heterocycles. The summed E-state index contributed by atoms with van der Waals surface area (Å²) in [5.74, 6) is -0.0822. The molecule has 0 saturated carbocycles. The molecule has 0 amide bonds. The van der Waals surface area contributed by atoms with Gasteiger partial charge in [0.2, 0.25) is 0 Å². The lowest BCUT2D eigenvalue weighted by atomic mass is 10.1. The highest BCUT2D eigenvalue weighted by atomic mass is 16.3. The number of hydrogen-bond acceptors (Lipinski definition) is 3. The molecule has 0 aliphatic carbocycles. The third-order valence-electron chi connectivity index (χ3n) is 2.97. The average Bonchev–Trinajstić information content (AvgIpc) is 2.31. The van der Waals surface area contributed by atoms with Gasteiger partial charge in [0.15, 0.2) is 11.5 Å². The molecule has 0 atom stereocenters. The Hall–Kier alpha value is -1.22. The third-order valence-corrected chi connectivity index (χ3v) is 2.97. The van der Waals surface area contributed by atoms with E-state index in [0.29, 0.717) is 0 Å². The predicted octanol–water partition coefficient (Wildman–Crippen LogP) is 2.76. The highest BCUT2D eigenvalue weighted by Gasteiger charge is 2.02. The minimum absolute atomic E-state index is 0.0314. The first kappa shape index (κ1) is 13.8. The molecule has 0 aliphatic rings. The number of hydrogen-bond donors (Lipinski definition) is 2. The van der Waals surface area contributed by atoms with E-state index in [2.05, 4.69) is 18.9 Å². The van der Waals surface area contributed by atoms with Gasteiger partial charge in [-0.25, -0.2) is 0 Å². The maximum absolute atomic E-state index is 9.38. The number of rotatable bonds is 7. The first-order valence-electron chi connectivity index (χ1n) is 6.33. The van der Waals surface area contributed by atoms with Crippen LogP contribution in [-0.4, -0.2) is 35.3 Å². The van der Waals surface area contributed by atoms with Gasteiger partial charge in [0, 0.05) is 6.54 Å². The van der Waals surface area contributed by atoms with E-state index in [9.17, 15) is 10.2 Å². The van der Waals surface area contributed by atoms with Crippen LogP contribution in [0.15, 0.2) is 18.2 Å². The van der Waals surface area contributed by atoms with Crippen LogP contribution in [0.3, 0.4) is 0 Å². The number of aromatic hydroxyl groups is 2. The van der Waals surface area contributed by atoms with Crippen molar-refractivity contribution < 1.29 is 10.2 Å². The minimum Gasteiger partial charge on any atom is -0.504 e. The fraction of sp³-hybridized carbons (Fsp3) is 0.571. The molecule has 0 heterocycles. The van der Waals surface area contributed by atoms with Gasteiger partial charge in [-0.2, -0.15) is 0 Å². The Morgan fingerprint density at radius 1 is 1.06 bits per heavy atom. The molecule has 3 nitrogen and oxygen atoms in total. The molecule has 17 heavy (non-hydrogen) atoms. The molecule has 1 rings (SSSR count). The Labute approximate surface area is 104 Å². The van der Waals surface area contributed by atoms with Crippen LogP contribution in [0.4, 0.5) is 0 Å². The molecule has 0 radical (unpaired) electrons. The van der Waals surface area contributed by atoms with Crippen LogP contribution in [0.5, 0.6) is 11.5 Å². The summed E-state index contributed by atoms with van der Waals surface area (Å²) in [4.78, 5) is 2.31. The standard InChI is InChI=1S/C14H23NO2/c1-3-4-5-9-15(2)10-8-12-6-7-13(16)14(17)11-12/h6-7,11,16-17H,3-5,8-10H2,1-2H3. The van der Waals surface area contributed by atoms with Crippen LogP contribution in [0.1, 0.15) is 31.7 Å². The molecule has 0 spiro atoms. The first-order chi connectivity index (χ1) is 8.13. The van der Waals surface area contributed by atoms with E-state index in [4.69, 9.17) is 0 Å². The fourth-order valence-electron chi connectivity index (χ4n) is 1.79. The van der Waals surface area contributed by atoms with Crippen LogP contribution < -0.4 is 0 Å². The summed E-state index contributed by atoms with van der Waals surface area (Å²) in [5.41, 5.74) is 1.06. The fourth-order valence-corrected chi connectivity index (χ4v) is 1.79. The van der Waals surface area contributed by atoms with Crippen molar-refractivity contribution in [3.8, 4) is 11.5 Å². The first-order valence-corrected chi connectivity index (χ1v) is 6.33. The molecule has 1 aromatic carbocycles. The monoisotopic (exact) mass is 237 g/mol. The summed E-state index contributed by atoms with van der Waals surface area (Å²) >= 11 is 0. The van der Waals surface area contributed by atoms with E-state index in [0.717, 1.165) is 25.1 Å². The van der Waals surface area contributed by atoms with Gasteiger partial charge in [0.05, 0.1) is 0 Å². The van der Waals surface area contributed by atoms with Crippen molar-refractivity contribution in [1.82, 2.24) is 4.90 Å². The Morgan fingerprint density at radius 3 is 2.47 bits per heavy atom. The maximum Gasteiger partial charge on any atom is 0.157 e. The Morgan fingerprint density at radius 2 is 1.82 bits per heavy atom. The van der Waals surface area contributed by atoms with E-state index in [1.54, 1.807) is 12.1 Å². The smallest absolute Gasteiger partial charge is 0.157 e. The number of phenolic OH excluding ortho intramolecular Hbond substituents is 2. The minimum atomic E-state index is -0.0509. The molecular weight excluding hydrogens is 214 g/mol. The number of unbranched alkanes of at least 4 members (excludes halogenated alkanes) is 2. The van der Waals surface area contributed by atoms with E-state index in [1.165, 1.54) is 19.3 Å². The van der Waals surface area contributed by atoms with Crippen LogP contribution in [-0.2, 0) is 6.42 Å². The van der Waals surface area contributed by atoms with Crippen LogP contribution in [0.25, 0.3) is 0 Å². The molecule has 3 heteroatoms. The largest absolute Gasteiger partial charge is 0.504 e. The Bertz CT molecular complexity index is 339. The number of nitrogens with zero attached hydrogens (tertiary/aromatic N) is 1. The lowest BCUT2D eigenvalue weighted by Gasteiger charge is -2.16. The Balaban J connectivity index is 2.31. The van der Waals surface area contributed by atoms with Crippen molar-refractivity contribution in [2.75, 3.05) is 20.1 Å². The lowest BCUT2D eigenvalue weighted by Crippen LogP contribution is -2.22. The number of benzene rings is 1. The zero-order chi connectivity index (χ0) is 12.7. The van der Waals surface area contributed by atoms with Crippen LogP contribution in [0, 0.1) is 0 Å². The highest BCUT2D eigenvalue weighted by Crippen LogP contribution is 2.24. The molecule has 2 N–H and O–H groups in total. The topological polar surface area (TPSA) is 43.7 Å². The zero-order valence-corrected chi connectivity index (χ0v) is 10.8. The van der Waals surface area contributed by atoms with E-state index in [1.807, 2.05) is 6.07 Å². The van der Waals surface area contributed by atoms with Gasteiger partial charge >= 0.3 is 0 Å². The van der Waals surface area contributed by atoms with Gasteiger partial charge in [-0.1, -0.05) is 25.8 Å². The van der Waals surface area contributed by atoms with Gasteiger partial charge in [-0.15, -0.1) is 0 Å². The third kappa shape index (κ3) is 5.09. The zero-order valence-electron chi connectivity index (χ0n) is 10.8. The summed E-state index contributed by atoms with van der Waals surface area (Å²) in [7, 11) is 2.12. The molecule has 0 saturated heterocycles. The summed E-state index contributed by atoms with van der Waals surface area (Å²) in [6.07, 6.45) is 4.67. The molecule has 0 unspecified atom stereocenters. The van der Waals surface area contributed by atoms with Crippen molar-refractivity contribution in [2.45, 2.75) is 32.6 Å². The number of likely N-dealkylation sites (N-methyl/N-ethyl adjacent to an activating group) is 1. The molecule has 0 aromatic heterocycles. The SMILES string of the molecule is CCCCCN(C)CCc1ccc(O)c(O)c1. The van der Waals surface area contributed by atoms with Crippen LogP contribution >= 0.6 is 0 Å². The molecule has 96 valence electrons. The van der Waals surface area contributed by atoms with Gasteiger partial charge < -0.3 is 15.1 Å². The molecule has 0 bridgehead atoms. The summed E-state index contributed by atoms with van der Waals surface area (Å²) < 4.78 is 0. The van der Waals surface area contributed by atoms with E-state index in [-0.39, 0.29) is 11.5 Å². The second-order valence-corrected chi connectivity index (χ2v) is 4.58. The summed E-state index contributed by atoms with van der Waals surface area (Å²) in [6.45, 7) is 4.31. The van der Waals surface area contributed by atoms with Gasteiger partial charge in [-0.05, 0) is 44.1 Å². The van der Waals surface area contributed by atoms with Gasteiger partial charge in [-0.3, -0.25) is 0 Å².